The zero-order valence-corrected chi connectivity index (χ0v) is 20.4. The van der Waals surface area contributed by atoms with E-state index in [2.05, 4.69) is 20.5 Å². The number of urea groups is 1. The molecule has 0 saturated carbocycles. The second-order valence-electron chi connectivity index (χ2n) is 8.32. The summed E-state index contributed by atoms with van der Waals surface area (Å²) < 4.78 is 10.7. The molecule has 4 rings (SSSR count). The van der Waals surface area contributed by atoms with Crippen LogP contribution < -0.4 is 25.8 Å². The number of rotatable bonds is 9. The third-order valence-corrected chi connectivity index (χ3v) is 6.08. The van der Waals surface area contributed by atoms with Crippen LogP contribution >= 0.6 is 11.3 Å². The van der Waals surface area contributed by atoms with Gasteiger partial charge in [-0.3, -0.25) is 9.78 Å². The Morgan fingerprint density at radius 3 is 2.63 bits per heavy atom. The van der Waals surface area contributed by atoms with E-state index in [9.17, 15) is 9.59 Å². The predicted octanol–water partition coefficient (Wildman–Crippen LogP) is 3.69. The van der Waals surface area contributed by atoms with Gasteiger partial charge in [0.2, 0.25) is 6.79 Å². The molecule has 184 valence electrons. The van der Waals surface area contributed by atoms with Gasteiger partial charge in [-0.15, -0.1) is 11.3 Å². The molecule has 0 saturated heterocycles. The van der Waals surface area contributed by atoms with Crippen LogP contribution in [-0.4, -0.2) is 60.7 Å². The highest BCUT2D eigenvalue weighted by Gasteiger charge is 2.18. The highest BCUT2D eigenvalue weighted by Crippen LogP contribution is 2.34. The van der Waals surface area contributed by atoms with Crippen LogP contribution in [0.15, 0.2) is 47.3 Å². The average molecular weight is 497 g/mol. The van der Waals surface area contributed by atoms with Crippen LogP contribution in [0.5, 0.6) is 11.5 Å². The largest absolute Gasteiger partial charge is 0.454 e. The number of fused-ring (bicyclic) bond motifs is 1. The molecule has 4 N–H and O–H groups in total. The molecule has 1 aliphatic rings. The van der Waals surface area contributed by atoms with E-state index in [1.165, 1.54) is 11.3 Å². The van der Waals surface area contributed by atoms with Crippen LogP contribution in [0.4, 0.5) is 21.9 Å². The first-order chi connectivity index (χ1) is 16.9. The number of carbonyl (C=O) groups is 2. The van der Waals surface area contributed by atoms with Crippen molar-refractivity contribution in [2.75, 3.05) is 50.3 Å². The lowest BCUT2D eigenvalue weighted by atomic mass is 10.2. The molecular formula is C24H28N6O4S. The Balaban J connectivity index is 1.41. The van der Waals surface area contributed by atoms with Crippen LogP contribution in [0.2, 0.25) is 0 Å². The van der Waals surface area contributed by atoms with Crippen LogP contribution in [0.25, 0.3) is 0 Å². The number of nitrogens with two attached hydrogens (primary N) is 1. The van der Waals surface area contributed by atoms with Crippen LogP contribution in [0, 0.1) is 0 Å². The van der Waals surface area contributed by atoms with Gasteiger partial charge in [-0.2, -0.15) is 0 Å². The summed E-state index contributed by atoms with van der Waals surface area (Å²) in [6.45, 7) is 1.91. The zero-order valence-electron chi connectivity index (χ0n) is 19.6. The lowest BCUT2D eigenvalue weighted by Gasteiger charge is -2.24. The first-order valence-corrected chi connectivity index (χ1v) is 12.0. The highest BCUT2D eigenvalue weighted by molar-refractivity contribution is 7.09. The second kappa shape index (κ2) is 11.1. The number of nitrogen functional groups attached to an aromatic ring is 1. The molecule has 0 spiro atoms. The number of ether oxygens (including phenoxy) is 2. The van der Waals surface area contributed by atoms with Crippen molar-refractivity contribution in [2.45, 2.75) is 13.0 Å². The number of nitrogens with one attached hydrogen (secondary N) is 2. The Bertz CT molecular complexity index is 1180. The molecule has 3 heterocycles. The highest BCUT2D eigenvalue weighted by atomic mass is 32.1. The summed E-state index contributed by atoms with van der Waals surface area (Å²) in [6.07, 6.45) is 2.41. The number of nitrogens with zero attached hydrogens (tertiary/aromatic N) is 3. The third-order valence-electron chi connectivity index (χ3n) is 5.32. The fourth-order valence-corrected chi connectivity index (χ4v) is 4.15. The summed E-state index contributed by atoms with van der Waals surface area (Å²) in [4.78, 5) is 33.7. The Morgan fingerprint density at radius 1 is 1.09 bits per heavy atom. The minimum absolute atomic E-state index is 0.172. The van der Waals surface area contributed by atoms with Crippen LogP contribution in [0.3, 0.4) is 0 Å². The van der Waals surface area contributed by atoms with Crippen molar-refractivity contribution in [3.05, 3.63) is 58.5 Å². The predicted molar refractivity (Wildman–Crippen MR) is 136 cm³/mol. The van der Waals surface area contributed by atoms with Crippen molar-refractivity contribution in [3.8, 4) is 11.5 Å². The van der Waals surface area contributed by atoms with E-state index < -0.39 is 0 Å². The Kier molecular flexibility index (Phi) is 7.68. The number of hydrogen-bond acceptors (Lipinski definition) is 8. The smallest absolute Gasteiger partial charge is 0.322 e. The lowest BCUT2D eigenvalue weighted by molar-refractivity contribution is 0.102. The minimum atomic E-state index is -0.343. The monoisotopic (exact) mass is 496 g/mol. The summed E-state index contributed by atoms with van der Waals surface area (Å²) in [5.41, 5.74) is 8.61. The molecule has 0 bridgehead atoms. The van der Waals surface area contributed by atoms with Crippen molar-refractivity contribution in [2.24, 2.45) is 0 Å². The molecule has 0 unspecified atom stereocenters. The van der Waals surface area contributed by atoms with Crippen molar-refractivity contribution in [1.82, 2.24) is 14.8 Å². The summed E-state index contributed by atoms with van der Waals surface area (Å²) in [5, 5.41) is 9.21. The molecule has 10 nitrogen and oxygen atoms in total. The Hall–Kier alpha value is -3.83. The molecule has 1 aliphatic heterocycles. The lowest BCUT2D eigenvalue weighted by Crippen LogP contribution is -2.36. The number of hydrogen-bond donors (Lipinski definition) is 3. The second-order valence-corrected chi connectivity index (χ2v) is 9.07. The van der Waals surface area contributed by atoms with Crippen LogP contribution in [0.1, 0.15) is 22.5 Å². The Morgan fingerprint density at radius 2 is 1.91 bits per heavy atom. The Labute approximate surface area is 207 Å². The maximum absolute atomic E-state index is 13.1. The van der Waals surface area contributed by atoms with Gasteiger partial charge in [0.05, 0.1) is 11.4 Å². The summed E-state index contributed by atoms with van der Waals surface area (Å²) in [5.74, 6) is 0.914. The number of amides is 3. The first-order valence-electron chi connectivity index (χ1n) is 11.1. The zero-order chi connectivity index (χ0) is 24.8. The minimum Gasteiger partial charge on any atom is -0.454 e. The van der Waals surface area contributed by atoms with Gasteiger partial charge in [-0.25, -0.2) is 4.79 Å². The molecule has 35 heavy (non-hydrogen) atoms. The summed E-state index contributed by atoms with van der Waals surface area (Å²) in [6, 6.07) is 8.49. The third kappa shape index (κ3) is 6.40. The summed E-state index contributed by atoms with van der Waals surface area (Å²) >= 11 is 1.41. The standard InChI is InChI=1S/C24H28N6O4S/c1-29(2)8-3-9-30(24(32)27-17-5-7-21-22(10-17)34-15-33-21)12-16-4-6-19(26-11-16)23(31)28-20-14-35-13-18(20)25/h4-7,10-11,13-14H,3,8-9,12,15,25H2,1-2H3,(H,27,32)(H,28,31). The molecular weight excluding hydrogens is 468 g/mol. The summed E-state index contributed by atoms with van der Waals surface area (Å²) in [7, 11) is 3.99. The van der Waals surface area contributed by atoms with E-state index in [0.29, 0.717) is 41.7 Å². The number of pyridine rings is 1. The van der Waals surface area contributed by atoms with E-state index in [1.54, 1.807) is 52.2 Å². The molecule has 2 aromatic heterocycles. The van der Waals surface area contributed by atoms with Gasteiger partial charge in [-0.05, 0) is 50.8 Å². The van der Waals surface area contributed by atoms with Gasteiger partial charge in [0.25, 0.3) is 5.91 Å². The first kappa shape index (κ1) is 24.3. The fraction of sp³-hybridized carbons (Fsp3) is 0.292. The van der Waals surface area contributed by atoms with Crippen molar-refractivity contribution >= 4 is 40.3 Å². The number of anilines is 3. The van der Waals surface area contributed by atoms with Gasteiger partial charge >= 0.3 is 6.03 Å². The number of thiophene rings is 1. The normalized spacial score (nSPS) is 12.0. The number of aromatic nitrogens is 1. The van der Waals surface area contributed by atoms with E-state index >= 15 is 0 Å². The van der Waals surface area contributed by atoms with Gasteiger partial charge < -0.3 is 35.6 Å². The number of carbonyl (C=O) groups excluding carboxylic acids is 2. The maximum atomic E-state index is 13.1. The molecule has 3 aromatic rings. The van der Waals surface area contributed by atoms with E-state index in [0.717, 1.165) is 18.5 Å². The quantitative estimate of drug-likeness (QED) is 0.413. The van der Waals surface area contributed by atoms with Crippen molar-refractivity contribution < 1.29 is 19.1 Å². The van der Waals surface area contributed by atoms with E-state index in [-0.39, 0.29) is 24.4 Å². The average Bonchev–Trinajstić information content (AvgIpc) is 3.47. The van der Waals surface area contributed by atoms with Crippen LogP contribution in [-0.2, 0) is 6.54 Å². The molecule has 0 fully saturated rings. The number of benzene rings is 1. The van der Waals surface area contributed by atoms with Gasteiger partial charge in [-0.1, -0.05) is 6.07 Å². The molecule has 1 aromatic carbocycles. The van der Waals surface area contributed by atoms with E-state index in [4.69, 9.17) is 15.2 Å². The van der Waals surface area contributed by atoms with Gasteiger partial charge in [0, 0.05) is 41.8 Å². The van der Waals surface area contributed by atoms with Crippen molar-refractivity contribution in [1.29, 1.82) is 0 Å². The van der Waals surface area contributed by atoms with Crippen molar-refractivity contribution in [3.63, 3.8) is 0 Å². The SMILES string of the molecule is CN(C)CCCN(Cc1ccc(C(=O)Nc2cscc2N)nc1)C(=O)Nc1ccc2c(c1)OCO2. The molecule has 3 amide bonds. The maximum Gasteiger partial charge on any atom is 0.322 e. The molecule has 0 atom stereocenters. The van der Waals surface area contributed by atoms with Gasteiger partial charge in [0.15, 0.2) is 11.5 Å². The van der Waals surface area contributed by atoms with Gasteiger partial charge in [0.1, 0.15) is 5.69 Å². The molecule has 0 aliphatic carbocycles. The molecule has 0 radical (unpaired) electrons. The molecule has 11 heteroatoms. The van der Waals surface area contributed by atoms with E-state index in [1.807, 2.05) is 14.1 Å². The topological polar surface area (TPSA) is 122 Å². The fourth-order valence-electron chi connectivity index (χ4n) is 3.47.